The van der Waals surface area contributed by atoms with Gasteiger partial charge in [-0.25, -0.2) is 4.98 Å². The van der Waals surface area contributed by atoms with Crippen molar-refractivity contribution in [3.63, 3.8) is 0 Å². The minimum atomic E-state index is -0.0357. The molecule has 3 N–H and O–H groups in total. The van der Waals surface area contributed by atoms with Gasteiger partial charge in [-0.15, -0.1) is 0 Å². The smallest absolute Gasteiger partial charge is 0.149 e. The van der Waals surface area contributed by atoms with Crippen molar-refractivity contribution in [2.45, 2.75) is 38.2 Å². The fraction of sp³-hybridized carbons (Fsp3) is 0.500. The zero-order valence-corrected chi connectivity index (χ0v) is 9.28. The van der Waals surface area contributed by atoms with Crippen LogP contribution in [-0.4, -0.2) is 16.9 Å². The molecule has 16 heavy (non-hydrogen) atoms. The van der Waals surface area contributed by atoms with Gasteiger partial charge in [-0.3, -0.25) is 5.41 Å². The summed E-state index contributed by atoms with van der Waals surface area (Å²) in [6, 6.07) is 3.64. The van der Waals surface area contributed by atoms with Crippen LogP contribution in [0, 0.1) is 5.41 Å². The molecule has 4 nitrogen and oxygen atoms in total. The summed E-state index contributed by atoms with van der Waals surface area (Å²) in [6.07, 6.45) is 7.81. The van der Waals surface area contributed by atoms with E-state index >= 15 is 0 Å². The monoisotopic (exact) mass is 219 g/mol. The minimum Gasteiger partial charge on any atom is -0.488 e. The topological polar surface area (TPSA) is 72.0 Å². The van der Waals surface area contributed by atoms with E-state index in [1.807, 2.05) is 12.1 Å². The van der Waals surface area contributed by atoms with Crippen LogP contribution in [0.3, 0.4) is 0 Å². The lowest BCUT2D eigenvalue weighted by atomic mass is 9.98. The third-order valence-electron chi connectivity index (χ3n) is 2.87. The number of nitrogens with one attached hydrogen (secondary N) is 1. The summed E-state index contributed by atoms with van der Waals surface area (Å²) in [5, 5.41) is 7.43. The lowest BCUT2D eigenvalue weighted by Gasteiger charge is -2.23. The summed E-state index contributed by atoms with van der Waals surface area (Å²) in [5.74, 6) is 0.605. The second-order valence-electron chi connectivity index (χ2n) is 4.14. The Labute approximate surface area is 95.3 Å². The van der Waals surface area contributed by atoms with Gasteiger partial charge in [0.2, 0.25) is 0 Å². The van der Waals surface area contributed by atoms with Crippen molar-refractivity contribution in [1.29, 1.82) is 5.41 Å². The Morgan fingerprint density at radius 2 is 2.12 bits per heavy atom. The van der Waals surface area contributed by atoms with Crippen LogP contribution in [-0.2, 0) is 0 Å². The van der Waals surface area contributed by atoms with E-state index < -0.39 is 0 Å². The van der Waals surface area contributed by atoms with Gasteiger partial charge in [0.25, 0.3) is 0 Å². The summed E-state index contributed by atoms with van der Waals surface area (Å²) >= 11 is 0. The highest BCUT2D eigenvalue weighted by atomic mass is 16.5. The Kier molecular flexibility index (Phi) is 3.39. The third kappa shape index (κ3) is 2.51. The highest BCUT2D eigenvalue weighted by molar-refractivity contribution is 5.95. The maximum Gasteiger partial charge on any atom is 0.149 e. The molecule has 0 spiro atoms. The molecule has 1 saturated carbocycles. The first-order valence-electron chi connectivity index (χ1n) is 5.73. The first kappa shape index (κ1) is 10.9. The van der Waals surface area contributed by atoms with E-state index in [-0.39, 0.29) is 11.9 Å². The Morgan fingerprint density at radius 3 is 2.81 bits per heavy atom. The number of amidine groups is 1. The maximum absolute atomic E-state index is 7.43. The molecule has 1 heterocycles. The highest BCUT2D eigenvalue weighted by Crippen LogP contribution is 2.24. The van der Waals surface area contributed by atoms with Crippen LogP contribution in [0.5, 0.6) is 5.75 Å². The number of hydrogen-bond acceptors (Lipinski definition) is 3. The van der Waals surface area contributed by atoms with E-state index in [4.69, 9.17) is 15.9 Å². The number of nitrogens with two attached hydrogens (primary N) is 1. The second-order valence-corrected chi connectivity index (χ2v) is 4.14. The van der Waals surface area contributed by atoms with Crippen LogP contribution in [0.1, 0.15) is 37.8 Å². The van der Waals surface area contributed by atoms with Crippen LogP contribution in [0.25, 0.3) is 0 Å². The molecule has 86 valence electrons. The van der Waals surface area contributed by atoms with Gasteiger partial charge >= 0.3 is 0 Å². The molecule has 0 radical (unpaired) electrons. The van der Waals surface area contributed by atoms with E-state index in [2.05, 4.69) is 4.98 Å². The molecule has 2 rings (SSSR count). The van der Waals surface area contributed by atoms with Crippen LogP contribution in [0.4, 0.5) is 0 Å². The predicted molar refractivity (Wildman–Crippen MR) is 62.8 cm³/mol. The van der Waals surface area contributed by atoms with E-state index in [0.717, 1.165) is 12.8 Å². The zero-order valence-electron chi connectivity index (χ0n) is 9.28. The van der Waals surface area contributed by atoms with Gasteiger partial charge in [-0.2, -0.15) is 0 Å². The summed E-state index contributed by atoms with van der Waals surface area (Å²) in [7, 11) is 0. The quantitative estimate of drug-likeness (QED) is 0.604. The van der Waals surface area contributed by atoms with Crippen molar-refractivity contribution in [2.75, 3.05) is 0 Å². The Morgan fingerprint density at radius 1 is 1.38 bits per heavy atom. The number of rotatable bonds is 3. The average Bonchev–Trinajstić information content (AvgIpc) is 2.31. The molecule has 1 aliphatic carbocycles. The van der Waals surface area contributed by atoms with Gasteiger partial charge in [0.1, 0.15) is 17.3 Å². The van der Waals surface area contributed by atoms with Crippen molar-refractivity contribution >= 4 is 5.84 Å². The molecule has 0 saturated heterocycles. The van der Waals surface area contributed by atoms with E-state index in [1.54, 1.807) is 6.20 Å². The predicted octanol–water partition coefficient (Wildman–Crippen LogP) is 2.08. The summed E-state index contributed by atoms with van der Waals surface area (Å²) < 4.78 is 5.86. The largest absolute Gasteiger partial charge is 0.488 e. The van der Waals surface area contributed by atoms with Crippen molar-refractivity contribution in [1.82, 2.24) is 4.98 Å². The molecule has 0 aromatic carbocycles. The normalized spacial score (nSPS) is 17.0. The molecule has 1 aromatic heterocycles. The van der Waals surface area contributed by atoms with Gasteiger partial charge in [0, 0.05) is 6.20 Å². The Bertz CT molecular complexity index is 372. The second kappa shape index (κ2) is 4.96. The molecule has 1 fully saturated rings. The zero-order chi connectivity index (χ0) is 11.4. The SMILES string of the molecule is N=C(N)c1ncccc1OC1CCCCC1. The first-order chi connectivity index (χ1) is 7.77. The van der Waals surface area contributed by atoms with Gasteiger partial charge in [-0.05, 0) is 37.8 Å². The number of ether oxygens (including phenoxy) is 1. The van der Waals surface area contributed by atoms with Crippen molar-refractivity contribution in [2.24, 2.45) is 5.73 Å². The van der Waals surface area contributed by atoms with Gasteiger partial charge < -0.3 is 10.5 Å². The average molecular weight is 219 g/mol. The van der Waals surface area contributed by atoms with Crippen LogP contribution in [0.2, 0.25) is 0 Å². The molecule has 0 bridgehead atoms. The van der Waals surface area contributed by atoms with Crippen LogP contribution < -0.4 is 10.5 Å². The molecule has 0 atom stereocenters. The molecular formula is C12H17N3O. The Hall–Kier alpha value is -1.58. The Balaban J connectivity index is 2.10. The van der Waals surface area contributed by atoms with Crippen LogP contribution >= 0.6 is 0 Å². The van der Waals surface area contributed by atoms with E-state index in [0.29, 0.717) is 11.4 Å². The number of nitrogen functional groups attached to an aromatic ring is 1. The van der Waals surface area contributed by atoms with Crippen LogP contribution in [0.15, 0.2) is 18.3 Å². The molecule has 1 aliphatic rings. The molecule has 0 unspecified atom stereocenters. The van der Waals surface area contributed by atoms with Crippen molar-refractivity contribution in [3.8, 4) is 5.75 Å². The molecule has 0 amide bonds. The number of aromatic nitrogens is 1. The summed E-state index contributed by atoms with van der Waals surface area (Å²) in [5.41, 5.74) is 5.91. The van der Waals surface area contributed by atoms with Gasteiger partial charge in [0.15, 0.2) is 0 Å². The molecular weight excluding hydrogens is 202 g/mol. The van der Waals surface area contributed by atoms with Crippen molar-refractivity contribution in [3.05, 3.63) is 24.0 Å². The minimum absolute atomic E-state index is 0.0357. The standard InChI is InChI=1S/C12H17N3O/c13-12(14)11-10(7-4-8-15-11)16-9-5-2-1-3-6-9/h4,7-9H,1-3,5-6H2,(H3,13,14). The number of nitrogens with zero attached hydrogens (tertiary/aromatic N) is 1. The maximum atomic E-state index is 7.43. The fourth-order valence-electron chi connectivity index (χ4n) is 2.05. The number of pyridine rings is 1. The highest BCUT2D eigenvalue weighted by Gasteiger charge is 2.17. The summed E-state index contributed by atoms with van der Waals surface area (Å²) in [6.45, 7) is 0. The first-order valence-corrected chi connectivity index (χ1v) is 5.73. The third-order valence-corrected chi connectivity index (χ3v) is 2.87. The molecule has 0 aliphatic heterocycles. The number of hydrogen-bond donors (Lipinski definition) is 2. The lowest BCUT2D eigenvalue weighted by molar-refractivity contribution is 0.154. The van der Waals surface area contributed by atoms with E-state index in [1.165, 1.54) is 19.3 Å². The van der Waals surface area contributed by atoms with Gasteiger partial charge in [-0.1, -0.05) is 6.42 Å². The lowest BCUT2D eigenvalue weighted by Crippen LogP contribution is -2.22. The van der Waals surface area contributed by atoms with Gasteiger partial charge in [0.05, 0.1) is 6.10 Å². The summed E-state index contributed by atoms with van der Waals surface area (Å²) in [4.78, 5) is 4.07. The van der Waals surface area contributed by atoms with Crippen molar-refractivity contribution < 1.29 is 4.74 Å². The molecule has 1 aromatic rings. The fourth-order valence-corrected chi connectivity index (χ4v) is 2.05. The molecule has 4 heteroatoms. The van der Waals surface area contributed by atoms with E-state index in [9.17, 15) is 0 Å².